The molecule has 1 aliphatic rings. The Morgan fingerprint density at radius 1 is 1.60 bits per heavy atom. The topological polar surface area (TPSA) is 70.1 Å². The van der Waals surface area contributed by atoms with Gasteiger partial charge in [-0.1, -0.05) is 0 Å². The van der Waals surface area contributed by atoms with Crippen molar-refractivity contribution in [3.8, 4) is 0 Å². The molecule has 0 atom stereocenters. The zero-order valence-electron chi connectivity index (χ0n) is 8.56. The van der Waals surface area contributed by atoms with Crippen LogP contribution in [-0.2, 0) is 11.3 Å². The molecule has 15 heavy (non-hydrogen) atoms. The predicted molar refractivity (Wildman–Crippen MR) is 54.3 cm³/mol. The van der Waals surface area contributed by atoms with Crippen LogP contribution in [0.3, 0.4) is 0 Å². The number of carbonyl (C=O) groups is 1. The maximum absolute atomic E-state index is 10.8. The highest BCUT2D eigenvalue weighted by Crippen LogP contribution is 2.16. The van der Waals surface area contributed by atoms with Crippen LogP contribution in [0.5, 0.6) is 0 Å². The number of primary amides is 1. The van der Waals surface area contributed by atoms with Gasteiger partial charge in [0.05, 0.1) is 0 Å². The highest BCUT2D eigenvalue weighted by molar-refractivity contribution is 5.90. The maximum atomic E-state index is 10.8. The van der Waals surface area contributed by atoms with Crippen molar-refractivity contribution >= 4 is 5.91 Å². The molecule has 1 amide bonds. The molecule has 0 saturated carbocycles. The van der Waals surface area contributed by atoms with Crippen LogP contribution in [0, 0.1) is 5.92 Å². The summed E-state index contributed by atoms with van der Waals surface area (Å²) in [6.45, 7) is 2.50. The van der Waals surface area contributed by atoms with Gasteiger partial charge >= 0.3 is 0 Å². The lowest BCUT2D eigenvalue weighted by Gasteiger charge is -2.21. The summed E-state index contributed by atoms with van der Waals surface area (Å²) in [5.74, 6) is 0.125. The molecule has 0 unspecified atom stereocenters. The average Bonchev–Trinajstić information content (AvgIpc) is 2.68. The Morgan fingerprint density at radius 2 is 2.33 bits per heavy atom. The van der Waals surface area contributed by atoms with Crippen molar-refractivity contribution in [2.75, 3.05) is 13.2 Å². The smallest absolute Gasteiger partial charge is 0.269 e. The van der Waals surface area contributed by atoms with Crippen LogP contribution < -0.4 is 5.73 Å². The molecule has 0 aromatic carbocycles. The van der Waals surface area contributed by atoms with Gasteiger partial charge < -0.3 is 10.5 Å². The summed E-state index contributed by atoms with van der Waals surface area (Å²) in [6, 6.07) is 1.65. The summed E-state index contributed by atoms with van der Waals surface area (Å²) in [5.41, 5.74) is 5.46. The van der Waals surface area contributed by atoms with E-state index in [1.54, 1.807) is 16.9 Å². The number of aromatic nitrogens is 2. The molecule has 1 aromatic heterocycles. The number of amides is 1. The van der Waals surface area contributed by atoms with Gasteiger partial charge in [0.15, 0.2) is 0 Å². The van der Waals surface area contributed by atoms with Crippen LogP contribution in [0.4, 0.5) is 0 Å². The molecule has 0 bridgehead atoms. The molecule has 0 aliphatic carbocycles. The van der Waals surface area contributed by atoms with Crippen molar-refractivity contribution in [1.29, 1.82) is 0 Å². The maximum Gasteiger partial charge on any atom is 0.269 e. The third-order valence-corrected chi connectivity index (χ3v) is 2.68. The molecule has 2 rings (SSSR count). The van der Waals surface area contributed by atoms with E-state index >= 15 is 0 Å². The van der Waals surface area contributed by atoms with Crippen molar-refractivity contribution < 1.29 is 9.53 Å². The van der Waals surface area contributed by atoms with E-state index in [-0.39, 0.29) is 0 Å². The first-order chi connectivity index (χ1) is 7.25. The van der Waals surface area contributed by atoms with E-state index in [2.05, 4.69) is 5.10 Å². The highest BCUT2D eigenvalue weighted by Gasteiger charge is 2.15. The zero-order chi connectivity index (χ0) is 10.7. The predicted octanol–water partition coefficient (Wildman–Crippen LogP) is 0.409. The second-order valence-corrected chi connectivity index (χ2v) is 3.84. The largest absolute Gasteiger partial charge is 0.381 e. The third-order valence-electron chi connectivity index (χ3n) is 2.68. The van der Waals surface area contributed by atoms with Crippen molar-refractivity contribution in [2.45, 2.75) is 19.4 Å². The molecule has 5 heteroatoms. The molecule has 82 valence electrons. The van der Waals surface area contributed by atoms with Gasteiger partial charge in [0.1, 0.15) is 5.69 Å². The van der Waals surface area contributed by atoms with Crippen molar-refractivity contribution in [1.82, 2.24) is 9.78 Å². The van der Waals surface area contributed by atoms with Crippen LogP contribution >= 0.6 is 0 Å². The average molecular weight is 209 g/mol. The lowest BCUT2D eigenvalue weighted by molar-refractivity contribution is 0.0600. The molecule has 0 radical (unpaired) electrons. The minimum Gasteiger partial charge on any atom is -0.381 e. The van der Waals surface area contributed by atoms with Crippen molar-refractivity contribution in [3.05, 3.63) is 18.0 Å². The van der Waals surface area contributed by atoms with Gasteiger partial charge in [-0.25, -0.2) is 0 Å². The molecule has 5 nitrogen and oxygen atoms in total. The lowest BCUT2D eigenvalue weighted by Crippen LogP contribution is -2.21. The Labute approximate surface area is 88.2 Å². The minimum atomic E-state index is -0.472. The standard InChI is InChI=1S/C10H15N3O2/c11-10(14)9-1-4-13(12-9)7-8-2-5-15-6-3-8/h1,4,8H,2-3,5-7H2,(H2,11,14). The summed E-state index contributed by atoms with van der Waals surface area (Å²) in [4.78, 5) is 10.8. The van der Waals surface area contributed by atoms with Crippen LogP contribution in [0.2, 0.25) is 0 Å². The molecule has 1 fully saturated rings. The molecule has 0 spiro atoms. The van der Waals surface area contributed by atoms with Gasteiger partial charge in [0.2, 0.25) is 0 Å². The van der Waals surface area contributed by atoms with Crippen LogP contribution in [-0.4, -0.2) is 28.9 Å². The number of hydrogen-bond donors (Lipinski definition) is 1. The fourth-order valence-electron chi connectivity index (χ4n) is 1.79. The Hall–Kier alpha value is -1.36. The first kappa shape index (κ1) is 10.2. The normalized spacial score (nSPS) is 17.9. The summed E-state index contributed by atoms with van der Waals surface area (Å²) in [7, 11) is 0. The van der Waals surface area contributed by atoms with Crippen LogP contribution in [0.25, 0.3) is 0 Å². The fourth-order valence-corrected chi connectivity index (χ4v) is 1.79. The Bertz CT molecular complexity index is 342. The number of hydrogen-bond acceptors (Lipinski definition) is 3. The highest BCUT2D eigenvalue weighted by atomic mass is 16.5. The van der Waals surface area contributed by atoms with Crippen molar-refractivity contribution in [2.24, 2.45) is 11.7 Å². The summed E-state index contributed by atoms with van der Waals surface area (Å²) in [5, 5.41) is 4.11. The van der Waals surface area contributed by atoms with E-state index < -0.39 is 5.91 Å². The van der Waals surface area contributed by atoms with Gasteiger partial charge in [-0.2, -0.15) is 5.10 Å². The molecule has 2 heterocycles. The van der Waals surface area contributed by atoms with Gasteiger partial charge in [-0.15, -0.1) is 0 Å². The molecule has 2 N–H and O–H groups in total. The molecular weight excluding hydrogens is 194 g/mol. The fraction of sp³-hybridized carbons (Fsp3) is 0.600. The van der Waals surface area contributed by atoms with E-state index in [4.69, 9.17) is 10.5 Å². The number of carbonyl (C=O) groups excluding carboxylic acids is 1. The third kappa shape index (κ3) is 2.56. The van der Waals surface area contributed by atoms with Crippen LogP contribution in [0.1, 0.15) is 23.3 Å². The quantitative estimate of drug-likeness (QED) is 0.783. The minimum absolute atomic E-state index is 0.335. The van der Waals surface area contributed by atoms with E-state index in [1.807, 2.05) is 0 Å². The first-order valence-corrected chi connectivity index (χ1v) is 5.16. The first-order valence-electron chi connectivity index (χ1n) is 5.16. The number of nitrogens with two attached hydrogens (primary N) is 1. The second kappa shape index (κ2) is 4.44. The van der Waals surface area contributed by atoms with E-state index in [1.165, 1.54) is 0 Å². The Kier molecular flexibility index (Phi) is 3.01. The summed E-state index contributed by atoms with van der Waals surface area (Å²) in [6.07, 6.45) is 3.92. The van der Waals surface area contributed by atoms with Crippen molar-refractivity contribution in [3.63, 3.8) is 0 Å². The molecular formula is C10H15N3O2. The molecule has 1 saturated heterocycles. The monoisotopic (exact) mass is 209 g/mol. The van der Waals surface area contributed by atoms with Gasteiger partial charge in [0.25, 0.3) is 5.91 Å². The number of nitrogens with zero attached hydrogens (tertiary/aromatic N) is 2. The second-order valence-electron chi connectivity index (χ2n) is 3.84. The number of ether oxygens (including phenoxy) is 1. The van der Waals surface area contributed by atoms with Crippen LogP contribution in [0.15, 0.2) is 12.3 Å². The molecule has 1 aromatic rings. The van der Waals surface area contributed by atoms with E-state index in [0.717, 1.165) is 32.6 Å². The Balaban J connectivity index is 1.94. The lowest BCUT2D eigenvalue weighted by atomic mass is 10.0. The van der Waals surface area contributed by atoms with Gasteiger partial charge in [-0.3, -0.25) is 9.48 Å². The van der Waals surface area contributed by atoms with Gasteiger partial charge in [0, 0.05) is 26.0 Å². The SMILES string of the molecule is NC(=O)c1ccn(CC2CCOCC2)n1. The van der Waals surface area contributed by atoms with E-state index in [0.29, 0.717) is 11.6 Å². The van der Waals surface area contributed by atoms with E-state index in [9.17, 15) is 4.79 Å². The summed E-state index contributed by atoms with van der Waals surface area (Å²) < 4.78 is 7.06. The zero-order valence-corrected chi connectivity index (χ0v) is 8.56. The molecule has 1 aliphatic heterocycles. The summed E-state index contributed by atoms with van der Waals surface area (Å²) >= 11 is 0. The number of rotatable bonds is 3. The van der Waals surface area contributed by atoms with Gasteiger partial charge in [-0.05, 0) is 24.8 Å². The Morgan fingerprint density at radius 3 is 2.93 bits per heavy atom.